The quantitative estimate of drug-likeness (QED) is 0.460. The Morgan fingerprint density at radius 2 is 2.04 bits per heavy atom. The first-order valence-electron chi connectivity index (χ1n) is 7.40. The average Bonchev–Trinajstić information content (AvgIpc) is 2.64. The fourth-order valence-corrected chi connectivity index (χ4v) is 2.57. The van der Waals surface area contributed by atoms with Crippen LogP contribution in [0, 0.1) is 22.7 Å². The first kappa shape index (κ1) is 19.3. The van der Waals surface area contributed by atoms with E-state index >= 15 is 0 Å². The zero-order chi connectivity index (χ0) is 19.1. The molecule has 2 N–H and O–H groups in total. The summed E-state index contributed by atoms with van der Waals surface area (Å²) in [6.45, 7) is 0.158. The van der Waals surface area contributed by atoms with E-state index in [1.54, 1.807) is 30.3 Å². The summed E-state index contributed by atoms with van der Waals surface area (Å²) in [7, 11) is 1.48. The minimum atomic E-state index is -0.00368. The van der Waals surface area contributed by atoms with Crippen LogP contribution in [0.5, 0.6) is 11.5 Å². The molecule has 2 aromatic rings. The fourth-order valence-electron chi connectivity index (χ4n) is 2.19. The van der Waals surface area contributed by atoms with E-state index in [1.807, 2.05) is 12.1 Å². The molecular weight excluding hydrogens is 370 g/mol. The van der Waals surface area contributed by atoms with Crippen molar-refractivity contribution < 1.29 is 9.47 Å². The first-order valence-corrected chi connectivity index (χ1v) is 8.18. The Balaban J connectivity index is 2.34. The van der Waals surface area contributed by atoms with Crippen molar-refractivity contribution >= 4 is 34.9 Å². The summed E-state index contributed by atoms with van der Waals surface area (Å²) in [5.74, 6) is 0.728. The van der Waals surface area contributed by atoms with Gasteiger partial charge in [0, 0.05) is 5.56 Å². The van der Waals surface area contributed by atoms with Crippen molar-refractivity contribution in [2.75, 3.05) is 7.11 Å². The number of ether oxygens (including phenoxy) is 2. The van der Waals surface area contributed by atoms with Crippen molar-refractivity contribution in [1.82, 2.24) is 0 Å². The molecule has 0 bridgehead atoms. The zero-order valence-electron chi connectivity index (χ0n) is 13.8. The monoisotopic (exact) mass is 383 g/mol. The third-order valence-electron chi connectivity index (χ3n) is 3.46. The Bertz CT molecular complexity index is 958. The predicted molar refractivity (Wildman–Crippen MR) is 104 cm³/mol. The normalized spacial score (nSPS) is 10.5. The molecule has 0 heterocycles. The highest BCUT2D eigenvalue weighted by Crippen LogP contribution is 2.37. The Kier molecular flexibility index (Phi) is 6.57. The molecule has 0 aliphatic carbocycles. The molecule has 2 aromatic carbocycles. The summed E-state index contributed by atoms with van der Waals surface area (Å²) < 4.78 is 11.1. The number of nitrogens with two attached hydrogens (primary N) is 1. The SMILES string of the molecule is COc1cc(/C=C(/C#N)C(N)=S)cc(Cl)c1OCc1ccccc1C#N. The van der Waals surface area contributed by atoms with Crippen LogP contribution in [0.2, 0.25) is 5.02 Å². The Morgan fingerprint density at radius 3 is 2.65 bits per heavy atom. The maximum absolute atomic E-state index is 9.15. The summed E-state index contributed by atoms with van der Waals surface area (Å²) in [6.07, 6.45) is 1.52. The number of nitrogens with zero attached hydrogens (tertiary/aromatic N) is 2. The van der Waals surface area contributed by atoms with Gasteiger partial charge in [0.2, 0.25) is 0 Å². The Labute approximate surface area is 161 Å². The molecule has 5 nitrogen and oxygen atoms in total. The zero-order valence-corrected chi connectivity index (χ0v) is 15.4. The van der Waals surface area contributed by atoms with Crippen LogP contribution < -0.4 is 15.2 Å². The highest BCUT2D eigenvalue weighted by molar-refractivity contribution is 7.80. The van der Waals surface area contributed by atoms with Crippen molar-refractivity contribution in [2.45, 2.75) is 6.61 Å². The third-order valence-corrected chi connectivity index (χ3v) is 3.96. The number of benzene rings is 2. The van der Waals surface area contributed by atoms with Gasteiger partial charge < -0.3 is 15.2 Å². The Hall–Kier alpha value is -3.06. The molecule has 0 amide bonds. The molecule has 26 heavy (non-hydrogen) atoms. The Morgan fingerprint density at radius 1 is 1.31 bits per heavy atom. The maximum atomic E-state index is 9.15. The molecule has 0 aliphatic rings. The van der Waals surface area contributed by atoms with Crippen molar-refractivity contribution in [3.8, 4) is 23.6 Å². The van der Waals surface area contributed by atoms with Crippen LogP contribution in [-0.2, 0) is 6.61 Å². The molecule has 0 atom stereocenters. The van der Waals surface area contributed by atoms with Crippen LogP contribution >= 0.6 is 23.8 Å². The van der Waals surface area contributed by atoms with Gasteiger partial charge in [-0.15, -0.1) is 0 Å². The van der Waals surface area contributed by atoms with Crippen LogP contribution in [-0.4, -0.2) is 12.1 Å². The van der Waals surface area contributed by atoms with Gasteiger partial charge in [0.1, 0.15) is 17.7 Å². The van der Waals surface area contributed by atoms with E-state index < -0.39 is 0 Å². The van der Waals surface area contributed by atoms with Crippen LogP contribution in [0.1, 0.15) is 16.7 Å². The lowest BCUT2D eigenvalue weighted by Crippen LogP contribution is -2.09. The predicted octanol–water partition coefficient (Wildman–Crippen LogP) is 3.99. The van der Waals surface area contributed by atoms with Gasteiger partial charge >= 0.3 is 0 Å². The van der Waals surface area contributed by atoms with E-state index in [2.05, 4.69) is 6.07 Å². The highest BCUT2D eigenvalue weighted by atomic mass is 35.5. The summed E-state index contributed by atoms with van der Waals surface area (Å²) >= 11 is 11.1. The van der Waals surface area contributed by atoms with Crippen LogP contribution in [0.3, 0.4) is 0 Å². The standard InChI is InChI=1S/C19H14ClN3O2S/c1-24-17-8-12(6-15(10-22)19(23)26)7-16(20)18(17)25-11-14-5-3-2-4-13(14)9-21/h2-8H,11H2,1H3,(H2,23,26)/b15-6-. The van der Waals surface area contributed by atoms with E-state index in [-0.39, 0.29) is 17.2 Å². The minimum Gasteiger partial charge on any atom is -0.493 e. The van der Waals surface area contributed by atoms with Crippen molar-refractivity contribution in [2.24, 2.45) is 5.73 Å². The second-order valence-corrected chi connectivity index (χ2v) is 5.97. The number of methoxy groups -OCH3 is 1. The second kappa shape index (κ2) is 8.87. The molecule has 0 unspecified atom stereocenters. The topological polar surface area (TPSA) is 92.1 Å². The van der Waals surface area contributed by atoms with E-state index in [0.29, 0.717) is 27.6 Å². The van der Waals surface area contributed by atoms with Crippen LogP contribution in [0.15, 0.2) is 42.0 Å². The molecule has 7 heteroatoms. The van der Waals surface area contributed by atoms with Crippen LogP contribution in [0.25, 0.3) is 6.08 Å². The van der Waals surface area contributed by atoms with Crippen LogP contribution in [0.4, 0.5) is 0 Å². The van der Waals surface area contributed by atoms with E-state index in [9.17, 15) is 0 Å². The molecule has 0 aliphatic heterocycles. The van der Waals surface area contributed by atoms with Gasteiger partial charge in [-0.05, 0) is 29.8 Å². The molecular formula is C19H14ClN3O2S. The first-order chi connectivity index (χ1) is 12.5. The minimum absolute atomic E-state index is 0.00368. The molecule has 0 saturated heterocycles. The van der Waals surface area contributed by atoms with Gasteiger partial charge in [0.05, 0.1) is 29.3 Å². The van der Waals surface area contributed by atoms with Gasteiger partial charge in [-0.3, -0.25) is 0 Å². The maximum Gasteiger partial charge on any atom is 0.180 e. The summed E-state index contributed by atoms with van der Waals surface area (Å²) in [5, 5.41) is 18.5. The molecule has 2 rings (SSSR count). The second-order valence-electron chi connectivity index (χ2n) is 5.13. The van der Waals surface area contributed by atoms with Gasteiger partial charge in [0.25, 0.3) is 0 Å². The lowest BCUT2D eigenvalue weighted by atomic mass is 10.1. The van der Waals surface area contributed by atoms with E-state index in [4.69, 9.17) is 49.5 Å². The van der Waals surface area contributed by atoms with Gasteiger partial charge in [-0.2, -0.15) is 10.5 Å². The van der Waals surface area contributed by atoms with Gasteiger partial charge in [0.15, 0.2) is 11.5 Å². The summed E-state index contributed by atoms with van der Waals surface area (Å²) in [4.78, 5) is -0.00368. The number of halogens is 1. The number of hydrogen-bond donors (Lipinski definition) is 1. The van der Waals surface area contributed by atoms with E-state index in [0.717, 1.165) is 5.56 Å². The van der Waals surface area contributed by atoms with E-state index in [1.165, 1.54) is 13.2 Å². The van der Waals surface area contributed by atoms with Gasteiger partial charge in [-0.1, -0.05) is 42.0 Å². The van der Waals surface area contributed by atoms with Crippen molar-refractivity contribution in [3.05, 3.63) is 63.7 Å². The molecule has 0 spiro atoms. The number of rotatable bonds is 6. The molecule has 0 saturated carbocycles. The molecule has 0 fully saturated rings. The molecule has 0 radical (unpaired) electrons. The fraction of sp³-hybridized carbons (Fsp3) is 0.105. The largest absolute Gasteiger partial charge is 0.493 e. The molecule has 130 valence electrons. The van der Waals surface area contributed by atoms with Crippen molar-refractivity contribution in [3.63, 3.8) is 0 Å². The molecule has 0 aromatic heterocycles. The lowest BCUT2D eigenvalue weighted by Gasteiger charge is -2.14. The summed E-state index contributed by atoms with van der Waals surface area (Å²) in [6, 6.07) is 14.4. The number of nitriles is 2. The lowest BCUT2D eigenvalue weighted by molar-refractivity contribution is 0.284. The average molecular weight is 384 g/mol. The smallest absolute Gasteiger partial charge is 0.180 e. The van der Waals surface area contributed by atoms with Crippen molar-refractivity contribution in [1.29, 1.82) is 10.5 Å². The number of hydrogen-bond acceptors (Lipinski definition) is 5. The van der Waals surface area contributed by atoms with Gasteiger partial charge in [-0.25, -0.2) is 0 Å². The number of thiocarbonyl (C=S) groups is 1. The highest BCUT2D eigenvalue weighted by Gasteiger charge is 2.13. The third kappa shape index (κ3) is 4.52. The summed E-state index contributed by atoms with van der Waals surface area (Å²) in [5.41, 5.74) is 7.52.